The van der Waals surface area contributed by atoms with E-state index in [4.69, 9.17) is 19.0 Å². The van der Waals surface area contributed by atoms with Crippen molar-refractivity contribution < 1.29 is 29.5 Å². The van der Waals surface area contributed by atoms with Crippen molar-refractivity contribution in [1.29, 1.82) is 0 Å². The molecule has 7 nitrogen and oxygen atoms in total. The number of quaternary nitrogens is 1. The Bertz CT molecular complexity index is 736. The number of rotatable bonds is 5. The largest absolute Gasteiger partial charge is 0.496 e. The summed E-state index contributed by atoms with van der Waals surface area (Å²) in [5.41, 5.74) is 3.80. The number of carboxylic acid groups (broad SMARTS) is 1. The predicted octanol–water partition coefficient (Wildman–Crippen LogP) is 0.0478. The molecular formula is C14H16NO6+. The molecule has 112 valence electrons. The Labute approximate surface area is 119 Å². The Morgan fingerprint density at radius 1 is 1.33 bits per heavy atom. The first kappa shape index (κ1) is 14.9. The van der Waals surface area contributed by atoms with E-state index in [-0.39, 0.29) is 12.0 Å². The second kappa shape index (κ2) is 5.84. The first-order chi connectivity index (χ1) is 9.96. The molecular weight excluding hydrogens is 278 g/mol. The molecule has 0 aliphatic heterocycles. The molecule has 1 aromatic heterocycles. The smallest absolute Gasteiger partial charge is 0.362 e. The second-order valence-electron chi connectivity index (χ2n) is 4.53. The highest BCUT2D eigenvalue weighted by Crippen LogP contribution is 2.33. The van der Waals surface area contributed by atoms with E-state index in [0.29, 0.717) is 22.4 Å². The Kier molecular flexibility index (Phi) is 4.13. The number of methoxy groups -OCH3 is 2. The number of hydrogen-bond donors (Lipinski definition) is 2. The van der Waals surface area contributed by atoms with Crippen molar-refractivity contribution in [2.75, 3.05) is 14.2 Å². The summed E-state index contributed by atoms with van der Waals surface area (Å²) in [6.45, 7) is 0. The van der Waals surface area contributed by atoms with Crippen molar-refractivity contribution in [2.45, 2.75) is 12.5 Å². The van der Waals surface area contributed by atoms with Gasteiger partial charge < -0.3 is 24.7 Å². The lowest BCUT2D eigenvalue weighted by Crippen LogP contribution is -2.66. The van der Waals surface area contributed by atoms with Gasteiger partial charge in [-0.15, -0.1) is 0 Å². The fourth-order valence-electron chi connectivity index (χ4n) is 2.11. The van der Waals surface area contributed by atoms with Crippen LogP contribution in [0.5, 0.6) is 11.5 Å². The molecule has 0 aliphatic carbocycles. The third-order valence-corrected chi connectivity index (χ3v) is 3.13. The third-order valence-electron chi connectivity index (χ3n) is 3.13. The minimum atomic E-state index is -1.04. The zero-order valence-corrected chi connectivity index (χ0v) is 11.7. The van der Waals surface area contributed by atoms with Crippen LogP contribution in [0, 0.1) is 0 Å². The van der Waals surface area contributed by atoms with Crippen molar-refractivity contribution in [3.05, 3.63) is 34.2 Å². The van der Waals surface area contributed by atoms with E-state index >= 15 is 0 Å². The number of carbonyl (C=O) groups is 1. The SMILES string of the molecule is COc1cc(OC)c2c(C[C@H]([NH3+])C(=O)O)cc(=O)oc2c1. The number of hydrogen-bond acceptors (Lipinski definition) is 5. The molecule has 21 heavy (non-hydrogen) atoms. The molecule has 0 fully saturated rings. The molecule has 0 aliphatic rings. The lowest BCUT2D eigenvalue weighted by molar-refractivity contribution is -0.407. The van der Waals surface area contributed by atoms with Gasteiger partial charge in [0.25, 0.3) is 0 Å². The Hall–Kier alpha value is -2.54. The van der Waals surface area contributed by atoms with Crippen molar-refractivity contribution in [2.24, 2.45) is 0 Å². The van der Waals surface area contributed by atoms with Crippen LogP contribution in [-0.4, -0.2) is 31.3 Å². The molecule has 0 amide bonds. The summed E-state index contributed by atoms with van der Waals surface area (Å²) in [6.07, 6.45) is 0.0973. The Morgan fingerprint density at radius 3 is 2.62 bits per heavy atom. The first-order valence-corrected chi connectivity index (χ1v) is 6.21. The number of benzene rings is 1. The lowest BCUT2D eigenvalue weighted by Gasteiger charge is -2.12. The van der Waals surface area contributed by atoms with Crippen LogP contribution in [0.3, 0.4) is 0 Å². The second-order valence-corrected chi connectivity index (χ2v) is 4.53. The topological polar surface area (TPSA) is 114 Å². The summed E-state index contributed by atoms with van der Waals surface area (Å²) >= 11 is 0. The van der Waals surface area contributed by atoms with Crippen molar-refractivity contribution >= 4 is 16.9 Å². The molecule has 0 spiro atoms. The average molecular weight is 294 g/mol. The van der Waals surface area contributed by atoms with Crippen LogP contribution < -0.4 is 20.8 Å². The zero-order chi connectivity index (χ0) is 15.6. The summed E-state index contributed by atoms with van der Waals surface area (Å²) in [4.78, 5) is 22.6. The molecule has 4 N–H and O–H groups in total. The van der Waals surface area contributed by atoms with Gasteiger partial charge in [0.15, 0.2) is 6.04 Å². The highest BCUT2D eigenvalue weighted by molar-refractivity contribution is 5.89. The van der Waals surface area contributed by atoms with Gasteiger partial charge in [0.2, 0.25) is 0 Å². The van der Waals surface area contributed by atoms with E-state index in [2.05, 4.69) is 5.73 Å². The van der Waals surface area contributed by atoms with E-state index in [1.54, 1.807) is 12.1 Å². The van der Waals surface area contributed by atoms with Gasteiger partial charge in [-0.05, 0) is 5.56 Å². The van der Waals surface area contributed by atoms with Crippen LogP contribution >= 0.6 is 0 Å². The minimum absolute atomic E-state index is 0.0973. The Balaban J connectivity index is 2.69. The highest BCUT2D eigenvalue weighted by Gasteiger charge is 2.21. The van der Waals surface area contributed by atoms with E-state index in [0.717, 1.165) is 0 Å². The molecule has 0 bridgehead atoms. The van der Waals surface area contributed by atoms with E-state index in [9.17, 15) is 9.59 Å². The van der Waals surface area contributed by atoms with Crippen molar-refractivity contribution in [1.82, 2.24) is 0 Å². The molecule has 1 atom stereocenters. The molecule has 0 unspecified atom stereocenters. The maximum Gasteiger partial charge on any atom is 0.362 e. The predicted molar refractivity (Wildman–Crippen MR) is 73.6 cm³/mol. The quantitative estimate of drug-likeness (QED) is 0.753. The molecule has 7 heteroatoms. The molecule has 0 saturated carbocycles. The van der Waals surface area contributed by atoms with Crippen molar-refractivity contribution in [3.8, 4) is 11.5 Å². The maximum atomic E-state index is 11.6. The number of carboxylic acids is 1. The summed E-state index contributed by atoms with van der Waals surface area (Å²) in [7, 11) is 2.96. The fourth-order valence-corrected chi connectivity index (χ4v) is 2.11. The van der Waals surface area contributed by atoms with Crippen LogP contribution in [-0.2, 0) is 11.2 Å². The number of ether oxygens (including phenoxy) is 2. The van der Waals surface area contributed by atoms with Gasteiger partial charge in [0, 0.05) is 24.6 Å². The van der Waals surface area contributed by atoms with E-state index < -0.39 is 17.6 Å². The summed E-state index contributed by atoms with van der Waals surface area (Å²) < 4.78 is 15.5. The number of aliphatic carboxylic acids is 1. The molecule has 2 aromatic rings. The van der Waals surface area contributed by atoms with Crippen LogP contribution in [0.4, 0.5) is 0 Å². The van der Waals surface area contributed by atoms with Crippen LogP contribution in [0.15, 0.2) is 27.4 Å². The first-order valence-electron chi connectivity index (χ1n) is 6.21. The third kappa shape index (κ3) is 2.97. The molecule has 2 rings (SSSR count). The molecule has 1 aromatic carbocycles. The van der Waals surface area contributed by atoms with Gasteiger partial charge in [-0.3, -0.25) is 0 Å². The van der Waals surface area contributed by atoms with Gasteiger partial charge in [-0.2, -0.15) is 0 Å². The van der Waals surface area contributed by atoms with Gasteiger partial charge in [-0.1, -0.05) is 0 Å². The summed E-state index contributed by atoms with van der Waals surface area (Å²) in [5, 5.41) is 9.53. The fraction of sp³-hybridized carbons (Fsp3) is 0.286. The summed E-state index contributed by atoms with van der Waals surface area (Å²) in [6, 6.07) is 3.59. The van der Waals surface area contributed by atoms with E-state index in [1.165, 1.54) is 20.3 Å². The molecule has 1 heterocycles. The van der Waals surface area contributed by atoms with Crippen LogP contribution in [0.25, 0.3) is 11.0 Å². The monoisotopic (exact) mass is 294 g/mol. The van der Waals surface area contributed by atoms with Gasteiger partial charge in [-0.25, -0.2) is 9.59 Å². The highest BCUT2D eigenvalue weighted by atomic mass is 16.5. The zero-order valence-electron chi connectivity index (χ0n) is 11.7. The molecule has 0 radical (unpaired) electrons. The van der Waals surface area contributed by atoms with Crippen molar-refractivity contribution in [3.63, 3.8) is 0 Å². The van der Waals surface area contributed by atoms with E-state index in [1.807, 2.05) is 0 Å². The molecule has 0 saturated heterocycles. The van der Waals surface area contributed by atoms with Gasteiger partial charge >= 0.3 is 11.6 Å². The normalized spacial score (nSPS) is 12.1. The van der Waals surface area contributed by atoms with Crippen LogP contribution in [0.1, 0.15) is 5.56 Å². The average Bonchev–Trinajstić information content (AvgIpc) is 2.45. The lowest BCUT2D eigenvalue weighted by atomic mass is 10.0. The Morgan fingerprint density at radius 2 is 2.05 bits per heavy atom. The van der Waals surface area contributed by atoms with Gasteiger partial charge in [0.1, 0.15) is 17.1 Å². The van der Waals surface area contributed by atoms with Gasteiger partial charge in [0.05, 0.1) is 19.6 Å². The number of fused-ring (bicyclic) bond motifs is 1. The maximum absolute atomic E-state index is 11.6. The van der Waals surface area contributed by atoms with Crippen LogP contribution in [0.2, 0.25) is 0 Å². The minimum Gasteiger partial charge on any atom is -0.496 e. The summed E-state index contributed by atoms with van der Waals surface area (Å²) in [5.74, 6) is -0.117. The standard InChI is InChI=1S/C14H15NO6/c1-19-8-5-10(20-2)13-7(3-9(15)14(17)18)4-12(16)21-11(13)6-8/h4-6,9H,3,15H2,1-2H3,(H,17,18)/p+1/t9-/m0/s1.